The molecule has 0 aromatic heterocycles. The summed E-state index contributed by atoms with van der Waals surface area (Å²) in [7, 11) is -0.682. The monoisotopic (exact) mass is 840 g/mol. The average molecular weight is 842 g/mol. The average Bonchev–Trinajstić information content (AvgIpc) is 4.00. The summed E-state index contributed by atoms with van der Waals surface area (Å²) >= 11 is 6.44. The van der Waals surface area contributed by atoms with E-state index < -0.39 is 55.6 Å². The number of nitrogens with two attached hydrogens (primary N) is 1. The number of esters is 1. The quantitative estimate of drug-likeness (QED) is 0.0937. The van der Waals surface area contributed by atoms with Crippen LogP contribution >= 0.6 is 11.6 Å². The lowest BCUT2D eigenvalue weighted by atomic mass is 9.86. The van der Waals surface area contributed by atoms with Crippen molar-refractivity contribution < 1.29 is 37.8 Å². The van der Waals surface area contributed by atoms with Crippen molar-refractivity contribution in [2.45, 2.75) is 130 Å². The van der Waals surface area contributed by atoms with Crippen LogP contribution in [-0.4, -0.2) is 76.6 Å². The molecule has 0 saturated carbocycles. The number of carbonyl (C=O) groups is 4. The summed E-state index contributed by atoms with van der Waals surface area (Å²) in [6, 6.07) is 13.7. The highest BCUT2D eigenvalue weighted by Gasteiger charge is 2.48. The van der Waals surface area contributed by atoms with Gasteiger partial charge in [0, 0.05) is 38.5 Å². The van der Waals surface area contributed by atoms with Gasteiger partial charge in [0.1, 0.15) is 30.0 Å². The Balaban J connectivity index is 1.72. The Morgan fingerprint density at radius 2 is 1.64 bits per heavy atom. The Kier molecular flexibility index (Phi) is 16.6. The number of epoxide rings is 1. The molecule has 1 unspecified atom stereocenters. The zero-order valence-corrected chi connectivity index (χ0v) is 37.5. The van der Waals surface area contributed by atoms with E-state index in [1.807, 2.05) is 52.0 Å². The fourth-order valence-corrected chi connectivity index (χ4v) is 10.4. The van der Waals surface area contributed by atoms with Crippen molar-refractivity contribution in [3.8, 4) is 5.75 Å². The number of halogens is 1. The molecule has 12 nitrogen and oxygen atoms in total. The van der Waals surface area contributed by atoms with Crippen LogP contribution in [0.2, 0.25) is 23.2 Å². The van der Waals surface area contributed by atoms with Crippen LogP contribution in [0.4, 0.5) is 0 Å². The van der Waals surface area contributed by atoms with Crippen molar-refractivity contribution in [1.29, 1.82) is 0 Å². The fourth-order valence-electron chi connectivity index (χ4n) is 7.37. The van der Waals surface area contributed by atoms with Crippen molar-refractivity contribution in [2.24, 2.45) is 22.5 Å². The third-order valence-corrected chi connectivity index (χ3v) is 16.5. The predicted octanol–water partition coefficient (Wildman–Crippen LogP) is 6.55. The number of cyclic esters (lactones) is 1. The number of hydrogen-bond donors (Lipinski definition) is 4. The highest BCUT2D eigenvalue weighted by Crippen LogP contribution is 2.45. The van der Waals surface area contributed by atoms with Gasteiger partial charge >= 0.3 is 5.97 Å². The Morgan fingerprint density at radius 3 is 2.22 bits per heavy atom. The second-order valence-corrected chi connectivity index (χ2v) is 22.5. The minimum Gasteiger partial charge on any atom is -0.495 e. The van der Waals surface area contributed by atoms with E-state index in [1.165, 1.54) is 13.2 Å². The SMILES string of the molecule is CC[Si](CC)(CC)OCC1(C)CNC(=O)[C@@H](Cc2ccc(OC)c(Cl)c2)NC(=O)/C=C/C[C@@H]([C@H](C)[C@H]2O[C@@H]2c2ccc(CN)cc2)OC(=O)[C@H](CC(C)(C)C)NC1=O. The van der Waals surface area contributed by atoms with Crippen molar-refractivity contribution in [1.82, 2.24) is 16.0 Å². The summed E-state index contributed by atoms with van der Waals surface area (Å²) in [5.74, 6) is -1.83. The molecule has 5 N–H and O–H groups in total. The third kappa shape index (κ3) is 12.6. The van der Waals surface area contributed by atoms with E-state index in [-0.39, 0.29) is 49.5 Å². The number of nitrogens with one attached hydrogen (secondary N) is 3. The van der Waals surface area contributed by atoms with Crippen molar-refractivity contribution >= 4 is 43.6 Å². The normalized spacial score (nSPS) is 26.2. The molecule has 2 aliphatic heterocycles. The maximum atomic E-state index is 14.6. The molecule has 3 amide bonds. The molecule has 2 aromatic carbocycles. The lowest BCUT2D eigenvalue weighted by Crippen LogP contribution is -2.57. The summed E-state index contributed by atoms with van der Waals surface area (Å²) < 4.78 is 24.5. The fraction of sp³-hybridized carbons (Fsp3) is 0.591. The lowest BCUT2D eigenvalue weighted by Gasteiger charge is -2.37. The molecule has 7 atom stereocenters. The number of ether oxygens (including phenoxy) is 3. The molecule has 0 aliphatic carbocycles. The molecule has 14 heteroatoms. The molecule has 2 heterocycles. The predicted molar refractivity (Wildman–Crippen MR) is 229 cm³/mol. The molecule has 0 radical (unpaired) electrons. The van der Waals surface area contributed by atoms with Crippen molar-refractivity contribution in [3.05, 3.63) is 76.3 Å². The van der Waals surface area contributed by atoms with Gasteiger partial charge in [-0.1, -0.05) is 96.5 Å². The minimum absolute atomic E-state index is 0.0261. The third-order valence-electron chi connectivity index (χ3n) is 11.6. The first-order valence-corrected chi connectivity index (χ1v) is 23.5. The van der Waals surface area contributed by atoms with Crippen LogP contribution in [-0.2, 0) is 46.0 Å². The van der Waals surface area contributed by atoms with Gasteiger partial charge in [0.15, 0.2) is 8.32 Å². The van der Waals surface area contributed by atoms with Crippen LogP contribution in [0, 0.1) is 16.7 Å². The Labute approximate surface area is 350 Å². The van der Waals surface area contributed by atoms with Gasteiger partial charge in [-0.15, -0.1) is 0 Å². The summed E-state index contributed by atoms with van der Waals surface area (Å²) in [6.07, 6.45) is 2.42. The number of rotatable bonds is 14. The standard InChI is InChI=1S/C44H65ClN4O8Si/c1-10-58(11-2,12-3)55-27-44(8)26-47-40(51)33(23-30-18-21-36(54-9)32(45)22-30)48-37(50)15-13-14-35(56-41(52)34(49-42(44)53)24-43(5,6)7)28(4)38-39(57-38)31-19-16-29(25-46)17-20-31/h13,15-22,28,33-35,38-39H,10-12,14,23-27,46H2,1-9H3,(H,47,51)(H,48,50)(H,49,53)/b15-13+/t28-,33+,34-,35-,38+,39+,44?/m0/s1. The van der Waals surface area contributed by atoms with Gasteiger partial charge < -0.3 is 40.3 Å². The molecule has 0 spiro atoms. The molecule has 0 bridgehead atoms. The zero-order valence-electron chi connectivity index (χ0n) is 35.7. The molecular weight excluding hydrogens is 776 g/mol. The summed E-state index contributed by atoms with van der Waals surface area (Å²) in [5, 5.41) is 9.20. The van der Waals surface area contributed by atoms with Crippen LogP contribution in [0.15, 0.2) is 54.6 Å². The molecular formula is C44H65ClN4O8Si. The highest BCUT2D eigenvalue weighted by atomic mass is 35.5. The minimum atomic E-state index is -2.20. The molecule has 58 heavy (non-hydrogen) atoms. The maximum absolute atomic E-state index is 14.6. The number of benzene rings is 2. The van der Waals surface area contributed by atoms with Gasteiger partial charge in [-0.2, -0.15) is 0 Å². The van der Waals surface area contributed by atoms with E-state index in [2.05, 4.69) is 36.7 Å². The maximum Gasteiger partial charge on any atom is 0.328 e. The van der Waals surface area contributed by atoms with Crippen LogP contribution in [0.1, 0.15) is 91.0 Å². The molecule has 320 valence electrons. The molecule has 4 rings (SSSR count). The van der Waals surface area contributed by atoms with Gasteiger partial charge in [0.25, 0.3) is 0 Å². The van der Waals surface area contributed by atoms with E-state index in [0.29, 0.717) is 29.3 Å². The Hall–Kier alpha value is -3.75. The van der Waals surface area contributed by atoms with Crippen molar-refractivity contribution in [2.75, 3.05) is 20.3 Å². The van der Waals surface area contributed by atoms with E-state index in [4.69, 9.17) is 36.0 Å². The topological polar surface area (TPSA) is 171 Å². The first-order chi connectivity index (χ1) is 27.4. The van der Waals surface area contributed by atoms with Crippen molar-refractivity contribution in [3.63, 3.8) is 0 Å². The van der Waals surface area contributed by atoms with Gasteiger partial charge in [-0.3, -0.25) is 14.4 Å². The first-order valence-electron chi connectivity index (χ1n) is 20.6. The second kappa shape index (κ2) is 20.5. The van der Waals surface area contributed by atoms with E-state index in [0.717, 1.165) is 29.3 Å². The van der Waals surface area contributed by atoms with E-state index in [1.54, 1.807) is 31.2 Å². The summed E-state index contributed by atoms with van der Waals surface area (Å²) in [4.78, 5) is 56.5. The number of methoxy groups -OCH3 is 1. The van der Waals surface area contributed by atoms with Gasteiger partial charge in [-0.05, 0) is 71.8 Å². The van der Waals surface area contributed by atoms with Gasteiger partial charge in [0.2, 0.25) is 17.7 Å². The number of hydrogen-bond acceptors (Lipinski definition) is 9. The van der Waals surface area contributed by atoms with Crippen LogP contribution in [0.5, 0.6) is 5.75 Å². The largest absolute Gasteiger partial charge is 0.495 e. The Bertz CT molecular complexity index is 1760. The molecule has 1 fully saturated rings. The number of carbonyl (C=O) groups excluding carboxylic acids is 4. The summed E-state index contributed by atoms with van der Waals surface area (Å²) in [5.41, 5.74) is 6.84. The first kappa shape index (κ1) is 46.9. The van der Waals surface area contributed by atoms with Crippen LogP contribution < -0.4 is 26.4 Å². The zero-order chi connectivity index (χ0) is 42.8. The lowest BCUT2D eigenvalue weighted by molar-refractivity contribution is -0.157. The molecule has 2 aromatic rings. The van der Waals surface area contributed by atoms with Gasteiger partial charge in [0.05, 0.1) is 23.7 Å². The smallest absolute Gasteiger partial charge is 0.328 e. The van der Waals surface area contributed by atoms with E-state index in [9.17, 15) is 19.2 Å². The van der Waals surface area contributed by atoms with Crippen LogP contribution in [0.3, 0.4) is 0 Å². The second-order valence-electron chi connectivity index (χ2n) is 17.3. The van der Waals surface area contributed by atoms with E-state index >= 15 is 0 Å². The molecule has 2 aliphatic rings. The number of amides is 3. The molecule has 1 saturated heterocycles. The van der Waals surface area contributed by atoms with Gasteiger partial charge in [-0.25, -0.2) is 4.79 Å². The highest BCUT2D eigenvalue weighted by molar-refractivity contribution is 6.73. The van der Waals surface area contributed by atoms with Crippen LogP contribution in [0.25, 0.3) is 0 Å². The summed E-state index contributed by atoms with van der Waals surface area (Å²) in [6.45, 7) is 16.3. The Morgan fingerprint density at radius 1 is 0.983 bits per heavy atom.